The third kappa shape index (κ3) is 9.61. The van der Waals surface area contributed by atoms with Gasteiger partial charge in [0.05, 0.1) is 11.4 Å². The molecule has 88 heavy (non-hydrogen) atoms. The van der Waals surface area contributed by atoms with Crippen molar-refractivity contribution < 1.29 is 8.83 Å². The zero-order valence-electron chi connectivity index (χ0n) is 47.8. The van der Waals surface area contributed by atoms with Gasteiger partial charge in [-0.2, -0.15) is 0 Å². The highest BCUT2D eigenvalue weighted by Gasteiger charge is 2.23. The molecular weight excluding hydrogens is 1070 g/mol. The van der Waals surface area contributed by atoms with E-state index in [0.717, 1.165) is 134 Å². The molecule has 0 amide bonds. The van der Waals surface area contributed by atoms with Gasteiger partial charge in [-0.3, -0.25) is 0 Å². The van der Waals surface area contributed by atoms with E-state index in [-0.39, 0.29) is 0 Å². The molecule has 0 fully saturated rings. The Hall–Kier alpha value is -11.9. The van der Waals surface area contributed by atoms with Crippen molar-refractivity contribution in [1.29, 1.82) is 0 Å². The van der Waals surface area contributed by atoms with E-state index in [0.29, 0.717) is 11.8 Å². The van der Waals surface area contributed by atoms with Crippen molar-refractivity contribution >= 4 is 77.9 Å². The molecule has 0 saturated carbocycles. The fourth-order valence-electron chi connectivity index (χ4n) is 12.4. The number of para-hydroxylation sites is 2. The van der Waals surface area contributed by atoms with Crippen LogP contribution in [0.2, 0.25) is 0 Å². The number of rotatable bonds is 13. The van der Waals surface area contributed by atoms with E-state index in [1.165, 1.54) is 11.1 Å². The van der Waals surface area contributed by atoms with Crippen molar-refractivity contribution in [2.45, 2.75) is 0 Å². The minimum atomic E-state index is 0.561. The van der Waals surface area contributed by atoms with Crippen molar-refractivity contribution in [2.24, 2.45) is 0 Å². The molecule has 0 unspecified atom stereocenters. The fourth-order valence-corrected chi connectivity index (χ4v) is 12.4. The second-order valence-corrected chi connectivity index (χ2v) is 22.1. The lowest BCUT2D eigenvalue weighted by Gasteiger charge is -2.29. The SMILES string of the molecule is c1ccc(-c2ccc(N(c3ccc4c(ccc5nc(-c6ccc(-c7cc(N(c8ccc9c(ccc%10oc(-c%11ccccc%11)nc%109)c8)c8ccccc8-c8ccccc8)ccc7-c7ccccc7)cc6)oc54)c3)c3ccccc3-c3ccccc3)cc2)cc1. The van der Waals surface area contributed by atoms with E-state index >= 15 is 0 Å². The number of hydrogen-bond acceptors (Lipinski definition) is 6. The molecule has 0 radical (unpaired) electrons. The largest absolute Gasteiger partial charge is 0.436 e. The number of benzene rings is 14. The number of hydrogen-bond donors (Lipinski definition) is 0. The molecule has 14 aromatic carbocycles. The van der Waals surface area contributed by atoms with Crippen LogP contribution in [0.5, 0.6) is 0 Å². The summed E-state index contributed by atoms with van der Waals surface area (Å²) in [7, 11) is 0. The number of anilines is 6. The molecule has 0 bridgehead atoms. The molecule has 0 aliphatic heterocycles. The van der Waals surface area contributed by atoms with Crippen molar-refractivity contribution in [3.63, 3.8) is 0 Å². The van der Waals surface area contributed by atoms with Crippen LogP contribution in [-0.4, -0.2) is 9.97 Å². The van der Waals surface area contributed by atoms with E-state index in [1.54, 1.807) is 0 Å². The Morgan fingerprint density at radius 1 is 0.250 bits per heavy atom. The van der Waals surface area contributed by atoms with E-state index in [9.17, 15) is 0 Å². The molecule has 16 rings (SSSR count). The predicted octanol–water partition coefficient (Wildman–Crippen LogP) is 22.9. The number of nitrogens with zero attached hydrogens (tertiary/aromatic N) is 4. The lowest BCUT2D eigenvalue weighted by atomic mass is 9.92. The maximum absolute atomic E-state index is 6.84. The molecule has 2 heterocycles. The quantitative estimate of drug-likeness (QED) is 0.115. The van der Waals surface area contributed by atoms with Crippen molar-refractivity contribution in [1.82, 2.24) is 9.97 Å². The Morgan fingerprint density at radius 3 is 1.27 bits per heavy atom. The predicted molar refractivity (Wildman–Crippen MR) is 364 cm³/mol. The van der Waals surface area contributed by atoms with Gasteiger partial charge < -0.3 is 18.6 Å². The van der Waals surface area contributed by atoms with E-state index in [2.05, 4.69) is 301 Å². The van der Waals surface area contributed by atoms with Gasteiger partial charge in [0, 0.05) is 55.8 Å². The average Bonchev–Trinajstić information content (AvgIpc) is 1.75. The number of aromatic nitrogens is 2. The fraction of sp³-hybridized carbons (Fsp3) is 0. The topological polar surface area (TPSA) is 58.5 Å². The standard InChI is InChI=1S/C82H54N4O2/c1-6-20-55(21-7-1)56-38-42-65(43-39-56)85(76-32-18-16-30-70(76)58-24-10-3-11-25-58)66-46-49-73-64(53-66)40-50-75-80(73)88-81(83-75)62-36-34-60(35-37-62)74-54-68(44-47-69(74)57-22-8-2-9-23-57)86(77-33-19-17-31-71(77)59-26-12-4-13-27-59)67-45-48-72-63(52-67)41-51-78-79(72)84-82(87-78)61-28-14-5-15-29-61/h1-54H. The second kappa shape index (κ2) is 22.3. The summed E-state index contributed by atoms with van der Waals surface area (Å²) in [5.74, 6) is 1.17. The van der Waals surface area contributed by atoms with Crippen LogP contribution in [0.3, 0.4) is 0 Å². The van der Waals surface area contributed by atoms with Gasteiger partial charge in [0.15, 0.2) is 11.2 Å². The molecule has 6 heteroatoms. The zero-order valence-corrected chi connectivity index (χ0v) is 47.8. The molecule has 0 aliphatic carbocycles. The van der Waals surface area contributed by atoms with Crippen LogP contribution in [0.1, 0.15) is 0 Å². The van der Waals surface area contributed by atoms with Crippen LogP contribution in [0.15, 0.2) is 336 Å². The summed E-state index contributed by atoms with van der Waals surface area (Å²) in [6.45, 7) is 0. The minimum absolute atomic E-state index is 0.561. The first-order valence-corrected chi connectivity index (χ1v) is 29.7. The van der Waals surface area contributed by atoms with Crippen LogP contribution in [0, 0.1) is 0 Å². The Morgan fingerprint density at radius 2 is 0.659 bits per heavy atom. The minimum Gasteiger partial charge on any atom is -0.436 e. The summed E-state index contributed by atoms with van der Waals surface area (Å²) in [4.78, 5) is 14.9. The second-order valence-electron chi connectivity index (χ2n) is 22.1. The third-order valence-electron chi connectivity index (χ3n) is 16.7. The monoisotopic (exact) mass is 1130 g/mol. The van der Waals surface area contributed by atoms with E-state index in [1.807, 2.05) is 36.4 Å². The summed E-state index contributed by atoms with van der Waals surface area (Å²) in [5.41, 5.74) is 22.5. The molecular formula is C82H54N4O2. The maximum Gasteiger partial charge on any atom is 0.227 e. The molecule has 414 valence electrons. The average molecular weight is 1130 g/mol. The molecule has 0 saturated heterocycles. The lowest BCUT2D eigenvalue weighted by Crippen LogP contribution is -2.11. The van der Waals surface area contributed by atoms with Gasteiger partial charge in [0.1, 0.15) is 11.0 Å². The lowest BCUT2D eigenvalue weighted by molar-refractivity contribution is 0.620. The van der Waals surface area contributed by atoms with E-state index < -0.39 is 0 Å². The van der Waals surface area contributed by atoms with Crippen LogP contribution in [-0.2, 0) is 0 Å². The van der Waals surface area contributed by atoms with Gasteiger partial charge in [0.2, 0.25) is 11.8 Å². The number of fused-ring (bicyclic) bond motifs is 6. The third-order valence-corrected chi connectivity index (χ3v) is 16.7. The Bertz CT molecular complexity index is 5180. The molecule has 2 aromatic heterocycles. The van der Waals surface area contributed by atoms with Gasteiger partial charge in [-0.05, 0) is 164 Å². The van der Waals surface area contributed by atoms with Gasteiger partial charge in [-0.1, -0.05) is 218 Å². The molecule has 0 spiro atoms. The molecule has 0 N–H and O–H groups in total. The highest BCUT2D eigenvalue weighted by molar-refractivity contribution is 6.07. The zero-order chi connectivity index (χ0) is 58.3. The van der Waals surface area contributed by atoms with Gasteiger partial charge in [-0.25, -0.2) is 9.97 Å². The first kappa shape index (κ1) is 51.8. The smallest absolute Gasteiger partial charge is 0.227 e. The maximum atomic E-state index is 6.84. The summed E-state index contributed by atoms with van der Waals surface area (Å²) < 4.78 is 13.2. The highest BCUT2D eigenvalue weighted by Crippen LogP contribution is 2.47. The number of oxazole rings is 2. The molecule has 6 nitrogen and oxygen atoms in total. The van der Waals surface area contributed by atoms with Crippen molar-refractivity contribution in [3.8, 4) is 78.5 Å². The molecule has 16 aromatic rings. The van der Waals surface area contributed by atoms with Crippen LogP contribution in [0.4, 0.5) is 34.1 Å². The summed E-state index contributed by atoms with van der Waals surface area (Å²) in [6.07, 6.45) is 0. The van der Waals surface area contributed by atoms with Crippen LogP contribution in [0.25, 0.3) is 122 Å². The van der Waals surface area contributed by atoms with Gasteiger partial charge in [0.25, 0.3) is 0 Å². The molecule has 0 aliphatic rings. The first-order chi connectivity index (χ1) is 43.6. The summed E-state index contributed by atoms with van der Waals surface area (Å²) >= 11 is 0. The normalized spacial score (nSPS) is 11.4. The highest BCUT2D eigenvalue weighted by atomic mass is 16.4. The Kier molecular flexibility index (Phi) is 13.1. The Balaban J connectivity index is 0.776. The van der Waals surface area contributed by atoms with E-state index in [4.69, 9.17) is 18.8 Å². The summed E-state index contributed by atoms with van der Waals surface area (Å²) in [6, 6.07) is 116. The van der Waals surface area contributed by atoms with Crippen molar-refractivity contribution in [3.05, 3.63) is 328 Å². The first-order valence-electron chi connectivity index (χ1n) is 29.7. The Labute approximate surface area is 509 Å². The van der Waals surface area contributed by atoms with Gasteiger partial charge in [-0.15, -0.1) is 0 Å². The molecule has 0 atom stereocenters. The van der Waals surface area contributed by atoms with Crippen LogP contribution < -0.4 is 9.80 Å². The van der Waals surface area contributed by atoms with Gasteiger partial charge >= 0.3 is 0 Å². The van der Waals surface area contributed by atoms with Crippen LogP contribution >= 0.6 is 0 Å². The summed E-state index contributed by atoms with van der Waals surface area (Å²) in [5, 5.41) is 4.12. The van der Waals surface area contributed by atoms with Crippen molar-refractivity contribution in [2.75, 3.05) is 9.80 Å².